The molecule has 19 heteroatoms. The van der Waals surface area contributed by atoms with Crippen LogP contribution in [0, 0.1) is 11.8 Å². The van der Waals surface area contributed by atoms with Gasteiger partial charge in [-0.15, -0.1) is 0 Å². The molecule has 0 radical (unpaired) electrons. The zero-order valence-corrected chi connectivity index (χ0v) is 68.0. The zero-order chi connectivity index (χ0) is 74.2. The number of phosphoric ester groups is 2. The molecule has 5 atom stereocenters. The Hall–Kier alpha value is -1.94. The van der Waals surface area contributed by atoms with Gasteiger partial charge in [-0.25, -0.2) is 9.13 Å². The third-order valence-electron chi connectivity index (χ3n) is 19.2. The van der Waals surface area contributed by atoms with Crippen molar-refractivity contribution in [3.63, 3.8) is 0 Å². The monoisotopic (exact) mass is 1480 g/mol. The second-order valence-corrected chi connectivity index (χ2v) is 33.4. The van der Waals surface area contributed by atoms with E-state index in [1.807, 2.05) is 0 Å². The van der Waals surface area contributed by atoms with Gasteiger partial charge < -0.3 is 33.8 Å². The SMILES string of the molecule is CCCCCCCCCCCCCCCCCCCCCCCC(=O)OC[C@H](COP(=O)(O)OC[C@@H](O)COP(=O)(O)OC[C@@H](COC(=O)CCCCCCCCCC)OC(=O)CCCCCCCCCCC(C)C)OC(=O)CCCCCCCCCCCCCCCCCCCCC(C)C. The Balaban J connectivity index is 5.16. The minimum atomic E-state index is -4.96. The number of hydrogen-bond donors (Lipinski definition) is 3. The lowest BCUT2D eigenvalue weighted by Gasteiger charge is -2.21. The summed E-state index contributed by atoms with van der Waals surface area (Å²) < 4.78 is 68.6. The Morgan fingerprint density at radius 3 is 0.673 bits per heavy atom. The molecule has 101 heavy (non-hydrogen) atoms. The summed E-state index contributed by atoms with van der Waals surface area (Å²) in [7, 11) is -9.91. The molecule has 17 nitrogen and oxygen atoms in total. The van der Waals surface area contributed by atoms with Crippen LogP contribution in [0.5, 0.6) is 0 Å². The lowest BCUT2D eigenvalue weighted by molar-refractivity contribution is -0.161. The number of aliphatic hydroxyl groups excluding tert-OH is 1. The van der Waals surface area contributed by atoms with Crippen LogP contribution in [0.15, 0.2) is 0 Å². The molecule has 0 aromatic heterocycles. The quantitative estimate of drug-likeness (QED) is 0.0222. The molecule has 0 fully saturated rings. The fourth-order valence-electron chi connectivity index (χ4n) is 12.7. The molecule has 0 heterocycles. The predicted octanol–water partition coefficient (Wildman–Crippen LogP) is 24.7. The molecule has 0 aliphatic rings. The maximum absolute atomic E-state index is 13.1. The van der Waals surface area contributed by atoms with Crippen LogP contribution in [0.1, 0.15) is 433 Å². The number of unbranched alkanes of at least 4 members (excludes halogenated alkanes) is 51. The first-order valence-electron chi connectivity index (χ1n) is 42.5. The van der Waals surface area contributed by atoms with Gasteiger partial charge in [0.25, 0.3) is 0 Å². The summed E-state index contributed by atoms with van der Waals surface area (Å²) in [6.07, 6.45) is 64.2. The number of rotatable bonds is 81. The number of ether oxygens (including phenoxy) is 4. The first-order chi connectivity index (χ1) is 48.9. The Bertz CT molecular complexity index is 1940. The number of hydrogen-bond acceptors (Lipinski definition) is 15. The summed E-state index contributed by atoms with van der Waals surface area (Å²) in [5, 5.41) is 10.6. The van der Waals surface area contributed by atoms with E-state index in [-0.39, 0.29) is 25.7 Å². The van der Waals surface area contributed by atoms with Crippen LogP contribution in [-0.2, 0) is 65.4 Å². The van der Waals surface area contributed by atoms with E-state index in [1.54, 1.807) is 0 Å². The molecule has 0 saturated carbocycles. The van der Waals surface area contributed by atoms with Gasteiger partial charge >= 0.3 is 39.5 Å². The Morgan fingerprint density at radius 1 is 0.267 bits per heavy atom. The zero-order valence-electron chi connectivity index (χ0n) is 66.2. The van der Waals surface area contributed by atoms with E-state index >= 15 is 0 Å². The molecule has 3 N–H and O–H groups in total. The first kappa shape index (κ1) is 99.1. The fraction of sp³-hybridized carbons (Fsp3) is 0.951. The highest BCUT2D eigenvalue weighted by molar-refractivity contribution is 7.47. The van der Waals surface area contributed by atoms with E-state index in [1.165, 1.54) is 244 Å². The summed E-state index contributed by atoms with van der Waals surface area (Å²) in [6, 6.07) is 0. The molecule has 0 aromatic rings. The molecule has 0 bridgehead atoms. The third kappa shape index (κ3) is 76.1. The van der Waals surface area contributed by atoms with E-state index in [4.69, 9.17) is 37.0 Å². The standard InChI is InChI=1S/C82H160O17P2/c1-7-9-11-13-15-17-18-19-20-21-22-23-24-28-31-34-37-40-47-53-59-65-80(85)93-71-78(98-81(86)66-60-54-48-41-38-35-32-29-26-25-27-30-33-36-39-44-50-56-62-74(3)4)73-97-101(90,91)95-69-76(83)68-94-100(88,89)96-72-77(70-92-79(84)64-58-52-46-16-14-12-10-8-2)99-82(87)67-61-55-49-43-42-45-51-57-63-75(5)6/h74-78,83H,7-73H2,1-6H3,(H,88,89)(H,90,91)/t76-,77+,78+/m0/s1. The molecule has 0 aromatic carbocycles. The molecule has 0 spiro atoms. The van der Waals surface area contributed by atoms with Gasteiger partial charge in [0.2, 0.25) is 0 Å². The molecule has 0 rings (SSSR count). The molecular formula is C82H160O17P2. The summed E-state index contributed by atoms with van der Waals surface area (Å²) in [6.45, 7) is 9.60. The molecule has 2 unspecified atom stereocenters. The van der Waals surface area contributed by atoms with Crippen molar-refractivity contribution in [1.82, 2.24) is 0 Å². The molecule has 0 amide bonds. The van der Waals surface area contributed by atoms with Crippen molar-refractivity contribution in [3.05, 3.63) is 0 Å². The second kappa shape index (κ2) is 73.6. The van der Waals surface area contributed by atoms with Gasteiger partial charge in [0.15, 0.2) is 12.2 Å². The minimum Gasteiger partial charge on any atom is -0.462 e. The molecule has 0 aliphatic carbocycles. The van der Waals surface area contributed by atoms with Crippen LogP contribution in [0.3, 0.4) is 0 Å². The third-order valence-corrected chi connectivity index (χ3v) is 21.1. The number of aliphatic hydroxyl groups is 1. The molecule has 0 aliphatic heterocycles. The van der Waals surface area contributed by atoms with Crippen LogP contribution in [0.4, 0.5) is 0 Å². The number of phosphoric acid groups is 2. The number of carbonyl (C=O) groups excluding carboxylic acids is 4. The van der Waals surface area contributed by atoms with E-state index in [0.29, 0.717) is 25.7 Å². The maximum Gasteiger partial charge on any atom is 0.472 e. The van der Waals surface area contributed by atoms with Gasteiger partial charge in [-0.2, -0.15) is 0 Å². The average Bonchev–Trinajstić information content (AvgIpc) is 0.942. The summed E-state index contributed by atoms with van der Waals surface area (Å²) in [5.74, 6) is -0.575. The summed E-state index contributed by atoms with van der Waals surface area (Å²) in [4.78, 5) is 72.9. The number of carbonyl (C=O) groups is 4. The highest BCUT2D eigenvalue weighted by Gasteiger charge is 2.30. The highest BCUT2D eigenvalue weighted by Crippen LogP contribution is 2.45. The van der Waals surface area contributed by atoms with Gasteiger partial charge in [0, 0.05) is 25.7 Å². The predicted molar refractivity (Wildman–Crippen MR) is 414 cm³/mol. The lowest BCUT2D eigenvalue weighted by Crippen LogP contribution is -2.30. The van der Waals surface area contributed by atoms with Gasteiger partial charge in [-0.1, -0.05) is 382 Å². The molecular weight excluding hydrogens is 1320 g/mol. The van der Waals surface area contributed by atoms with Crippen molar-refractivity contribution in [2.45, 2.75) is 452 Å². The molecule has 0 saturated heterocycles. The van der Waals surface area contributed by atoms with Crippen molar-refractivity contribution in [3.8, 4) is 0 Å². The Morgan fingerprint density at radius 2 is 0.455 bits per heavy atom. The van der Waals surface area contributed by atoms with Gasteiger partial charge in [-0.05, 0) is 37.5 Å². The van der Waals surface area contributed by atoms with Crippen molar-refractivity contribution >= 4 is 39.5 Å². The van der Waals surface area contributed by atoms with Crippen molar-refractivity contribution in [2.24, 2.45) is 11.8 Å². The normalized spacial score (nSPS) is 13.9. The highest BCUT2D eigenvalue weighted by atomic mass is 31.2. The van der Waals surface area contributed by atoms with E-state index < -0.39 is 97.5 Å². The van der Waals surface area contributed by atoms with E-state index in [0.717, 1.165) is 108 Å². The second-order valence-electron chi connectivity index (χ2n) is 30.5. The van der Waals surface area contributed by atoms with E-state index in [2.05, 4.69) is 41.5 Å². The van der Waals surface area contributed by atoms with Crippen LogP contribution in [0.2, 0.25) is 0 Å². The van der Waals surface area contributed by atoms with Gasteiger partial charge in [0.05, 0.1) is 26.4 Å². The first-order valence-corrected chi connectivity index (χ1v) is 45.5. The van der Waals surface area contributed by atoms with Crippen molar-refractivity contribution in [1.29, 1.82) is 0 Å². The van der Waals surface area contributed by atoms with Crippen LogP contribution in [-0.4, -0.2) is 96.7 Å². The number of esters is 4. The Kier molecular flexibility index (Phi) is 72.2. The maximum atomic E-state index is 13.1. The molecule has 600 valence electrons. The summed E-state index contributed by atoms with van der Waals surface area (Å²) in [5.41, 5.74) is 0. The van der Waals surface area contributed by atoms with Crippen molar-refractivity contribution < 1.29 is 80.2 Å². The van der Waals surface area contributed by atoms with E-state index in [9.17, 15) is 43.2 Å². The van der Waals surface area contributed by atoms with Gasteiger partial charge in [-0.3, -0.25) is 37.3 Å². The average molecular weight is 1480 g/mol. The smallest absolute Gasteiger partial charge is 0.462 e. The fourth-order valence-corrected chi connectivity index (χ4v) is 14.3. The largest absolute Gasteiger partial charge is 0.472 e. The van der Waals surface area contributed by atoms with Gasteiger partial charge in [0.1, 0.15) is 19.3 Å². The lowest BCUT2D eigenvalue weighted by atomic mass is 10.0. The Labute approximate surface area is 619 Å². The topological polar surface area (TPSA) is 237 Å². The van der Waals surface area contributed by atoms with Crippen LogP contribution >= 0.6 is 15.6 Å². The van der Waals surface area contributed by atoms with Crippen LogP contribution in [0.25, 0.3) is 0 Å². The summed E-state index contributed by atoms with van der Waals surface area (Å²) >= 11 is 0. The van der Waals surface area contributed by atoms with Crippen molar-refractivity contribution in [2.75, 3.05) is 39.6 Å². The minimum absolute atomic E-state index is 0.105. The van der Waals surface area contributed by atoms with Crippen LogP contribution < -0.4 is 0 Å².